The van der Waals surface area contributed by atoms with E-state index in [2.05, 4.69) is 15.0 Å². The molecule has 0 aliphatic rings. The number of hydrogen-bond donors (Lipinski definition) is 2. The Morgan fingerprint density at radius 3 is 3.00 bits per heavy atom. The summed E-state index contributed by atoms with van der Waals surface area (Å²) in [5, 5.41) is 8.71. The number of rotatable bonds is 3. The molecule has 0 aliphatic heterocycles. The molecule has 2 rings (SSSR count). The molecule has 0 bridgehead atoms. The average molecular weight is 207 g/mol. The Bertz CT molecular complexity index is 506. The molecule has 0 saturated heterocycles. The van der Waals surface area contributed by atoms with E-state index in [0.717, 1.165) is 0 Å². The van der Waals surface area contributed by atoms with Crippen molar-refractivity contribution >= 4 is 17.1 Å². The zero-order valence-electron chi connectivity index (χ0n) is 8.02. The maximum atomic E-state index is 10.6. The lowest BCUT2D eigenvalue weighted by Gasteiger charge is -1.99. The molecule has 2 aromatic heterocycles. The fraction of sp³-hybridized carbons (Fsp3) is 0.222. The Morgan fingerprint density at radius 1 is 1.53 bits per heavy atom. The molecule has 6 heteroatoms. The number of carboxylic acid groups (broad SMARTS) is 1. The van der Waals surface area contributed by atoms with Gasteiger partial charge in [-0.15, -0.1) is 0 Å². The molecule has 0 radical (unpaired) electrons. The Kier molecular flexibility index (Phi) is 2.24. The second-order valence-electron chi connectivity index (χ2n) is 2.84. The van der Waals surface area contributed by atoms with Crippen LogP contribution in [0.25, 0.3) is 11.2 Å². The number of nitrogens with zero attached hydrogens (tertiary/aromatic N) is 2. The molecule has 0 amide bonds. The summed E-state index contributed by atoms with van der Waals surface area (Å²) >= 11 is 0. The number of ether oxygens (including phenoxy) is 1. The molecular weight excluding hydrogens is 198 g/mol. The van der Waals surface area contributed by atoms with E-state index >= 15 is 0 Å². The van der Waals surface area contributed by atoms with E-state index in [1.165, 1.54) is 0 Å². The summed E-state index contributed by atoms with van der Waals surface area (Å²) in [5.41, 5.74) is 0.925. The highest BCUT2D eigenvalue weighted by Crippen LogP contribution is 2.14. The lowest BCUT2D eigenvalue weighted by Crippen LogP contribution is -1.98. The fourth-order valence-electron chi connectivity index (χ4n) is 1.20. The molecule has 0 spiro atoms. The molecule has 15 heavy (non-hydrogen) atoms. The first-order valence-corrected chi connectivity index (χ1v) is 4.43. The lowest BCUT2D eigenvalue weighted by molar-refractivity contribution is 0.0685. The number of nitrogens with one attached hydrogen (secondary N) is 1. The Labute approximate surface area is 84.9 Å². The van der Waals surface area contributed by atoms with E-state index in [-0.39, 0.29) is 5.82 Å². The van der Waals surface area contributed by atoms with Crippen LogP contribution in [0.3, 0.4) is 0 Å². The normalized spacial score (nSPS) is 10.5. The molecule has 0 aromatic carbocycles. The van der Waals surface area contributed by atoms with Gasteiger partial charge in [0, 0.05) is 6.07 Å². The molecule has 2 heterocycles. The summed E-state index contributed by atoms with van der Waals surface area (Å²) in [4.78, 5) is 21.1. The number of pyridine rings is 1. The minimum atomic E-state index is -1.11. The number of aromatic amines is 1. The molecule has 0 atom stereocenters. The summed E-state index contributed by atoms with van der Waals surface area (Å²) in [7, 11) is 0. The van der Waals surface area contributed by atoms with Gasteiger partial charge in [0.15, 0.2) is 5.65 Å². The van der Waals surface area contributed by atoms with Crippen LogP contribution in [-0.4, -0.2) is 32.6 Å². The summed E-state index contributed by atoms with van der Waals surface area (Å²) < 4.78 is 5.17. The number of fused-ring (bicyclic) bond motifs is 1. The van der Waals surface area contributed by atoms with Crippen molar-refractivity contribution in [1.82, 2.24) is 15.0 Å². The topological polar surface area (TPSA) is 88.1 Å². The fourth-order valence-corrected chi connectivity index (χ4v) is 1.20. The van der Waals surface area contributed by atoms with E-state index in [1.807, 2.05) is 6.92 Å². The van der Waals surface area contributed by atoms with Crippen LogP contribution in [0, 0.1) is 0 Å². The summed E-state index contributed by atoms with van der Waals surface area (Å²) in [6.45, 7) is 2.35. The second-order valence-corrected chi connectivity index (χ2v) is 2.84. The van der Waals surface area contributed by atoms with Crippen LogP contribution in [0.1, 0.15) is 17.5 Å². The molecule has 0 fully saturated rings. The van der Waals surface area contributed by atoms with Gasteiger partial charge in [0.25, 0.3) is 0 Å². The third-order valence-electron chi connectivity index (χ3n) is 1.82. The Balaban J connectivity index is 2.47. The van der Waals surface area contributed by atoms with E-state index in [9.17, 15) is 4.79 Å². The molecule has 78 valence electrons. The minimum Gasteiger partial charge on any atom is -0.478 e. The number of carbonyl (C=O) groups is 1. The predicted octanol–water partition coefficient (Wildman–Crippen LogP) is 1.05. The van der Waals surface area contributed by atoms with Crippen molar-refractivity contribution in [2.24, 2.45) is 0 Å². The van der Waals surface area contributed by atoms with Gasteiger partial charge in [-0.05, 0) is 13.0 Å². The van der Waals surface area contributed by atoms with Crippen molar-refractivity contribution in [2.45, 2.75) is 6.92 Å². The van der Waals surface area contributed by atoms with Crippen molar-refractivity contribution in [3.05, 3.63) is 18.0 Å². The first-order valence-electron chi connectivity index (χ1n) is 4.43. The van der Waals surface area contributed by atoms with Crippen molar-refractivity contribution in [1.29, 1.82) is 0 Å². The maximum Gasteiger partial charge on any atom is 0.371 e. The minimum absolute atomic E-state index is 0.119. The number of carboxylic acids is 1. The lowest BCUT2D eigenvalue weighted by atomic mass is 10.4. The molecule has 6 nitrogen and oxygen atoms in total. The number of aromatic nitrogens is 3. The zero-order chi connectivity index (χ0) is 10.8. The number of aromatic carboxylic acids is 1. The Morgan fingerprint density at radius 2 is 2.33 bits per heavy atom. The number of imidazole rings is 1. The standard InChI is InChI=1S/C9H9N3O3/c1-2-15-6-4-3-5-7(11-6)12-8(10-5)9(13)14/h3-4H,2H2,1H3,(H,13,14)(H,10,11,12). The molecule has 2 N–H and O–H groups in total. The average Bonchev–Trinajstić information content (AvgIpc) is 2.61. The first kappa shape index (κ1) is 9.45. The van der Waals surface area contributed by atoms with Gasteiger partial charge in [0.2, 0.25) is 11.7 Å². The summed E-state index contributed by atoms with van der Waals surface area (Å²) in [6.07, 6.45) is 0. The van der Waals surface area contributed by atoms with Crippen molar-refractivity contribution < 1.29 is 14.6 Å². The van der Waals surface area contributed by atoms with Gasteiger partial charge < -0.3 is 14.8 Å². The highest BCUT2D eigenvalue weighted by Gasteiger charge is 2.10. The first-order chi connectivity index (χ1) is 7.20. The molecule has 2 aromatic rings. The van der Waals surface area contributed by atoms with Gasteiger partial charge in [0.05, 0.1) is 12.1 Å². The van der Waals surface area contributed by atoms with Gasteiger partial charge in [-0.2, -0.15) is 4.98 Å². The van der Waals surface area contributed by atoms with E-state index in [0.29, 0.717) is 23.7 Å². The van der Waals surface area contributed by atoms with Gasteiger partial charge in [-0.25, -0.2) is 9.78 Å². The van der Waals surface area contributed by atoms with E-state index in [1.54, 1.807) is 12.1 Å². The van der Waals surface area contributed by atoms with Gasteiger partial charge >= 0.3 is 5.97 Å². The molecular formula is C9H9N3O3. The quantitative estimate of drug-likeness (QED) is 0.785. The van der Waals surface area contributed by atoms with Crippen molar-refractivity contribution in [3.63, 3.8) is 0 Å². The van der Waals surface area contributed by atoms with Crippen LogP contribution in [0.4, 0.5) is 0 Å². The van der Waals surface area contributed by atoms with Crippen LogP contribution in [0.2, 0.25) is 0 Å². The van der Waals surface area contributed by atoms with E-state index in [4.69, 9.17) is 9.84 Å². The number of H-pyrrole nitrogens is 1. The third kappa shape index (κ3) is 1.74. The largest absolute Gasteiger partial charge is 0.478 e. The van der Waals surface area contributed by atoms with Crippen molar-refractivity contribution in [2.75, 3.05) is 6.61 Å². The Hall–Kier alpha value is -2.11. The van der Waals surface area contributed by atoms with Crippen molar-refractivity contribution in [3.8, 4) is 5.88 Å². The highest BCUT2D eigenvalue weighted by molar-refractivity contribution is 5.87. The summed E-state index contributed by atoms with van der Waals surface area (Å²) in [5.74, 6) is -0.787. The maximum absolute atomic E-state index is 10.6. The molecule has 0 aliphatic carbocycles. The van der Waals surface area contributed by atoms with Gasteiger partial charge in [0.1, 0.15) is 0 Å². The zero-order valence-corrected chi connectivity index (χ0v) is 8.02. The third-order valence-corrected chi connectivity index (χ3v) is 1.82. The molecule has 0 unspecified atom stereocenters. The monoisotopic (exact) mass is 207 g/mol. The van der Waals surface area contributed by atoms with Crippen LogP contribution in [0.5, 0.6) is 5.88 Å². The van der Waals surface area contributed by atoms with Crippen LogP contribution in [-0.2, 0) is 0 Å². The smallest absolute Gasteiger partial charge is 0.371 e. The second kappa shape index (κ2) is 3.56. The summed E-state index contributed by atoms with van der Waals surface area (Å²) in [6, 6.07) is 3.35. The SMILES string of the molecule is CCOc1ccc2[nH]c(C(=O)O)nc2n1. The predicted molar refractivity (Wildman–Crippen MR) is 52.0 cm³/mol. The number of hydrogen-bond acceptors (Lipinski definition) is 4. The van der Waals surface area contributed by atoms with Crippen LogP contribution < -0.4 is 4.74 Å². The van der Waals surface area contributed by atoms with Crippen LogP contribution in [0.15, 0.2) is 12.1 Å². The van der Waals surface area contributed by atoms with Gasteiger partial charge in [-0.1, -0.05) is 0 Å². The van der Waals surface area contributed by atoms with E-state index < -0.39 is 5.97 Å². The molecule has 0 saturated carbocycles. The van der Waals surface area contributed by atoms with Crippen LogP contribution >= 0.6 is 0 Å². The van der Waals surface area contributed by atoms with Gasteiger partial charge in [-0.3, -0.25) is 0 Å². The highest BCUT2D eigenvalue weighted by atomic mass is 16.5.